The molecule has 0 bridgehead atoms. The van der Waals surface area contributed by atoms with Crippen LogP contribution in [-0.4, -0.2) is 17.4 Å². The first-order valence-corrected chi connectivity index (χ1v) is 6.20. The standard InChI is InChI=1S/C9H15ClS/c10-7-9(3-1-4-9)8-2-5-11-6-8/h8H,1-7H2. The van der Waals surface area contributed by atoms with Crippen molar-refractivity contribution in [1.29, 1.82) is 0 Å². The molecule has 2 rings (SSSR count). The molecule has 2 heteroatoms. The molecule has 0 aromatic rings. The zero-order valence-electron chi connectivity index (χ0n) is 6.81. The summed E-state index contributed by atoms with van der Waals surface area (Å²) >= 11 is 8.15. The van der Waals surface area contributed by atoms with Crippen LogP contribution in [-0.2, 0) is 0 Å². The van der Waals surface area contributed by atoms with Gasteiger partial charge in [0.2, 0.25) is 0 Å². The summed E-state index contributed by atoms with van der Waals surface area (Å²) in [7, 11) is 0. The van der Waals surface area contributed by atoms with Gasteiger partial charge in [-0.05, 0) is 42.1 Å². The Kier molecular flexibility index (Phi) is 2.38. The van der Waals surface area contributed by atoms with Crippen LogP contribution >= 0.6 is 23.4 Å². The molecular formula is C9H15ClS. The molecule has 0 nitrogen and oxygen atoms in total. The van der Waals surface area contributed by atoms with Crippen molar-refractivity contribution in [2.24, 2.45) is 11.3 Å². The molecule has 0 radical (unpaired) electrons. The van der Waals surface area contributed by atoms with E-state index in [9.17, 15) is 0 Å². The van der Waals surface area contributed by atoms with Gasteiger partial charge in [-0.2, -0.15) is 11.8 Å². The maximum atomic E-state index is 6.03. The van der Waals surface area contributed by atoms with E-state index in [1.165, 1.54) is 37.2 Å². The summed E-state index contributed by atoms with van der Waals surface area (Å²) in [6.45, 7) is 0. The normalized spacial score (nSPS) is 35.2. The number of halogens is 1. The molecule has 64 valence electrons. The van der Waals surface area contributed by atoms with Crippen LogP contribution in [0.5, 0.6) is 0 Å². The van der Waals surface area contributed by atoms with Gasteiger partial charge in [0.15, 0.2) is 0 Å². The third-order valence-electron chi connectivity index (χ3n) is 3.41. The average molecular weight is 191 g/mol. The summed E-state index contributed by atoms with van der Waals surface area (Å²) < 4.78 is 0. The highest BCUT2D eigenvalue weighted by Gasteiger charge is 2.44. The number of hydrogen-bond acceptors (Lipinski definition) is 1. The van der Waals surface area contributed by atoms with Crippen LogP contribution in [0.25, 0.3) is 0 Å². The van der Waals surface area contributed by atoms with Crippen LogP contribution < -0.4 is 0 Å². The number of alkyl halides is 1. The third kappa shape index (κ3) is 1.31. The summed E-state index contributed by atoms with van der Waals surface area (Å²) in [6, 6.07) is 0. The van der Waals surface area contributed by atoms with Crippen molar-refractivity contribution in [3.63, 3.8) is 0 Å². The highest BCUT2D eigenvalue weighted by Crippen LogP contribution is 2.52. The Balaban J connectivity index is 1.99. The van der Waals surface area contributed by atoms with Gasteiger partial charge >= 0.3 is 0 Å². The zero-order valence-corrected chi connectivity index (χ0v) is 8.39. The van der Waals surface area contributed by atoms with Crippen LogP contribution in [0.4, 0.5) is 0 Å². The first-order chi connectivity index (χ1) is 5.37. The molecule has 0 aromatic heterocycles. The first-order valence-electron chi connectivity index (χ1n) is 4.51. The summed E-state index contributed by atoms with van der Waals surface area (Å²) in [5.41, 5.74) is 0.588. The van der Waals surface area contributed by atoms with Crippen molar-refractivity contribution in [2.45, 2.75) is 25.7 Å². The Bertz CT molecular complexity index is 131. The zero-order chi connectivity index (χ0) is 7.73. The lowest BCUT2D eigenvalue weighted by Gasteiger charge is -2.45. The van der Waals surface area contributed by atoms with Crippen LogP contribution in [0.15, 0.2) is 0 Å². The topological polar surface area (TPSA) is 0 Å². The van der Waals surface area contributed by atoms with E-state index in [4.69, 9.17) is 11.6 Å². The van der Waals surface area contributed by atoms with Gasteiger partial charge in [-0.25, -0.2) is 0 Å². The molecule has 11 heavy (non-hydrogen) atoms. The van der Waals surface area contributed by atoms with E-state index in [0.717, 1.165) is 11.8 Å². The number of rotatable bonds is 2. The smallest absolute Gasteiger partial charge is 0.0282 e. The minimum absolute atomic E-state index is 0.588. The Hall–Kier alpha value is 0.640. The van der Waals surface area contributed by atoms with E-state index in [1.54, 1.807) is 0 Å². The molecule has 1 heterocycles. The van der Waals surface area contributed by atoms with Gasteiger partial charge in [0.05, 0.1) is 0 Å². The fourth-order valence-electron chi connectivity index (χ4n) is 2.30. The van der Waals surface area contributed by atoms with Gasteiger partial charge in [0.25, 0.3) is 0 Å². The second kappa shape index (κ2) is 3.18. The van der Waals surface area contributed by atoms with Crippen molar-refractivity contribution in [2.75, 3.05) is 17.4 Å². The summed E-state index contributed by atoms with van der Waals surface area (Å²) in [6.07, 6.45) is 5.66. The predicted molar refractivity (Wildman–Crippen MR) is 52.4 cm³/mol. The summed E-state index contributed by atoms with van der Waals surface area (Å²) in [5, 5.41) is 0. The van der Waals surface area contributed by atoms with E-state index >= 15 is 0 Å². The van der Waals surface area contributed by atoms with Crippen molar-refractivity contribution in [3.8, 4) is 0 Å². The quantitative estimate of drug-likeness (QED) is 0.603. The van der Waals surface area contributed by atoms with E-state index in [2.05, 4.69) is 11.8 Å². The number of thioether (sulfide) groups is 1. The molecule has 0 spiro atoms. The minimum Gasteiger partial charge on any atom is -0.162 e. The van der Waals surface area contributed by atoms with Crippen LogP contribution in [0.3, 0.4) is 0 Å². The van der Waals surface area contributed by atoms with Gasteiger partial charge in [0, 0.05) is 5.88 Å². The molecule has 2 aliphatic rings. The molecule has 1 atom stereocenters. The van der Waals surface area contributed by atoms with Crippen LogP contribution in [0.2, 0.25) is 0 Å². The monoisotopic (exact) mass is 190 g/mol. The van der Waals surface area contributed by atoms with E-state index < -0.39 is 0 Å². The Morgan fingerprint density at radius 3 is 2.64 bits per heavy atom. The molecule has 1 saturated carbocycles. The van der Waals surface area contributed by atoms with Gasteiger partial charge in [-0.3, -0.25) is 0 Å². The predicted octanol–water partition coefficient (Wildman–Crippen LogP) is 3.15. The SMILES string of the molecule is ClCC1(C2CCSC2)CCC1. The van der Waals surface area contributed by atoms with Gasteiger partial charge in [-0.15, -0.1) is 11.6 Å². The summed E-state index contributed by atoms with van der Waals surface area (Å²) in [5.74, 6) is 4.63. The minimum atomic E-state index is 0.588. The summed E-state index contributed by atoms with van der Waals surface area (Å²) in [4.78, 5) is 0. The molecule has 1 aliphatic heterocycles. The lowest BCUT2D eigenvalue weighted by Crippen LogP contribution is -2.39. The fraction of sp³-hybridized carbons (Fsp3) is 1.00. The third-order valence-corrected chi connectivity index (χ3v) is 5.11. The van der Waals surface area contributed by atoms with Crippen molar-refractivity contribution >= 4 is 23.4 Å². The first kappa shape index (κ1) is 8.25. The van der Waals surface area contributed by atoms with Gasteiger partial charge in [-0.1, -0.05) is 6.42 Å². The van der Waals surface area contributed by atoms with Crippen LogP contribution in [0, 0.1) is 11.3 Å². The maximum Gasteiger partial charge on any atom is 0.0282 e. The van der Waals surface area contributed by atoms with Gasteiger partial charge in [0.1, 0.15) is 0 Å². The molecule has 2 fully saturated rings. The molecular weight excluding hydrogens is 176 g/mol. The average Bonchev–Trinajstić information content (AvgIpc) is 2.39. The lowest BCUT2D eigenvalue weighted by atomic mass is 9.62. The molecule has 1 aliphatic carbocycles. The number of hydrogen-bond donors (Lipinski definition) is 0. The highest BCUT2D eigenvalue weighted by molar-refractivity contribution is 7.99. The second-order valence-electron chi connectivity index (χ2n) is 3.91. The van der Waals surface area contributed by atoms with E-state index in [-0.39, 0.29) is 0 Å². The molecule has 1 saturated heterocycles. The molecule has 0 N–H and O–H groups in total. The maximum absolute atomic E-state index is 6.03. The van der Waals surface area contributed by atoms with Crippen molar-refractivity contribution in [3.05, 3.63) is 0 Å². The fourth-order valence-corrected chi connectivity index (χ4v) is 4.21. The van der Waals surface area contributed by atoms with Crippen molar-refractivity contribution < 1.29 is 0 Å². The largest absolute Gasteiger partial charge is 0.162 e. The van der Waals surface area contributed by atoms with Gasteiger partial charge < -0.3 is 0 Å². The van der Waals surface area contributed by atoms with E-state index in [0.29, 0.717) is 5.41 Å². The Labute approximate surface area is 78.1 Å². The second-order valence-corrected chi connectivity index (χ2v) is 5.33. The Morgan fingerprint density at radius 1 is 1.45 bits per heavy atom. The molecule has 0 amide bonds. The molecule has 1 unspecified atom stereocenters. The van der Waals surface area contributed by atoms with Crippen molar-refractivity contribution in [1.82, 2.24) is 0 Å². The highest BCUT2D eigenvalue weighted by atomic mass is 35.5. The lowest BCUT2D eigenvalue weighted by molar-refractivity contribution is 0.0911. The van der Waals surface area contributed by atoms with E-state index in [1.807, 2.05) is 0 Å². The molecule has 0 aromatic carbocycles. The van der Waals surface area contributed by atoms with Crippen LogP contribution in [0.1, 0.15) is 25.7 Å². The Morgan fingerprint density at radius 2 is 2.27 bits per heavy atom.